The second kappa shape index (κ2) is 5.63. The van der Waals surface area contributed by atoms with Gasteiger partial charge in [0.15, 0.2) is 0 Å². The second-order valence-corrected chi connectivity index (χ2v) is 4.44. The van der Waals surface area contributed by atoms with E-state index >= 15 is 0 Å². The van der Waals surface area contributed by atoms with E-state index in [0.29, 0.717) is 5.69 Å². The zero-order valence-electron chi connectivity index (χ0n) is 9.45. The summed E-state index contributed by atoms with van der Waals surface area (Å²) in [4.78, 5) is 22.4. The van der Waals surface area contributed by atoms with Crippen LogP contribution in [0.2, 0.25) is 0 Å². The van der Waals surface area contributed by atoms with Crippen LogP contribution < -0.4 is 5.32 Å². The molecule has 0 aliphatic carbocycles. The number of carbonyl (C=O) groups excluding carboxylic acids is 1. The zero-order chi connectivity index (χ0) is 13.0. The summed E-state index contributed by atoms with van der Waals surface area (Å²) in [6, 6.07) is 7.08. The van der Waals surface area contributed by atoms with Gasteiger partial charge in [-0.1, -0.05) is 22.0 Å². The maximum absolute atomic E-state index is 11.7. The fourth-order valence-corrected chi connectivity index (χ4v) is 1.52. The van der Waals surface area contributed by atoms with Crippen LogP contribution in [0.4, 0.5) is 5.69 Å². The third-order valence-corrected chi connectivity index (χ3v) is 2.80. The molecule has 4 nitrogen and oxygen atoms in total. The fraction of sp³-hybridized carbons (Fsp3) is 0.167. The molecule has 0 aromatic heterocycles. The maximum atomic E-state index is 11.7. The van der Waals surface area contributed by atoms with Gasteiger partial charge in [0.2, 0.25) is 0 Å². The van der Waals surface area contributed by atoms with Gasteiger partial charge >= 0.3 is 5.97 Å². The first-order valence-electron chi connectivity index (χ1n) is 4.89. The number of halogens is 1. The van der Waals surface area contributed by atoms with Crippen molar-refractivity contribution in [3.63, 3.8) is 0 Å². The van der Waals surface area contributed by atoms with E-state index in [1.807, 2.05) is 6.07 Å². The minimum Gasteiger partial charge on any atom is -0.478 e. The average Bonchev–Trinajstić information content (AvgIpc) is 2.26. The van der Waals surface area contributed by atoms with Gasteiger partial charge in [0, 0.05) is 21.3 Å². The van der Waals surface area contributed by atoms with Crippen LogP contribution in [0.3, 0.4) is 0 Å². The van der Waals surface area contributed by atoms with E-state index < -0.39 is 11.9 Å². The standard InChI is InChI=1S/C12H12BrNO3/c1-7(8(2)12(16)17)11(15)14-10-5-3-4-9(13)6-10/h3-6H,1-2H3,(H,14,15)(H,16,17)/b8-7-. The van der Waals surface area contributed by atoms with Gasteiger partial charge < -0.3 is 10.4 Å². The number of amides is 1. The first kappa shape index (κ1) is 13.4. The molecular weight excluding hydrogens is 286 g/mol. The molecule has 5 heteroatoms. The van der Waals surface area contributed by atoms with Crippen LogP contribution in [-0.4, -0.2) is 17.0 Å². The van der Waals surface area contributed by atoms with Gasteiger partial charge in [0.05, 0.1) is 0 Å². The molecule has 0 aliphatic heterocycles. The molecule has 0 heterocycles. The minimum atomic E-state index is -1.09. The summed E-state index contributed by atoms with van der Waals surface area (Å²) < 4.78 is 0.840. The molecule has 0 saturated carbocycles. The lowest BCUT2D eigenvalue weighted by Gasteiger charge is -2.07. The quantitative estimate of drug-likeness (QED) is 0.843. The number of aliphatic carboxylic acids is 1. The molecule has 1 aromatic carbocycles. The van der Waals surface area contributed by atoms with Crippen LogP contribution >= 0.6 is 15.9 Å². The molecule has 17 heavy (non-hydrogen) atoms. The molecule has 0 saturated heterocycles. The number of benzene rings is 1. The van der Waals surface area contributed by atoms with Gasteiger partial charge in [-0.05, 0) is 32.0 Å². The Morgan fingerprint density at radius 1 is 1.24 bits per heavy atom. The number of nitrogens with one attached hydrogen (secondary N) is 1. The van der Waals surface area contributed by atoms with E-state index in [4.69, 9.17) is 5.11 Å². The van der Waals surface area contributed by atoms with Gasteiger partial charge in [-0.25, -0.2) is 4.79 Å². The lowest BCUT2D eigenvalue weighted by molar-refractivity contribution is -0.133. The van der Waals surface area contributed by atoms with Gasteiger partial charge in [-0.15, -0.1) is 0 Å². The molecule has 0 fully saturated rings. The van der Waals surface area contributed by atoms with Crippen LogP contribution in [0.5, 0.6) is 0 Å². The third kappa shape index (κ3) is 3.71. The monoisotopic (exact) mass is 297 g/mol. The highest BCUT2D eigenvalue weighted by Gasteiger charge is 2.12. The summed E-state index contributed by atoms with van der Waals surface area (Å²) in [5.41, 5.74) is 0.844. The van der Waals surface area contributed by atoms with Crippen molar-refractivity contribution in [2.75, 3.05) is 5.32 Å². The highest BCUT2D eigenvalue weighted by molar-refractivity contribution is 9.10. The average molecular weight is 298 g/mol. The lowest BCUT2D eigenvalue weighted by atomic mass is 10.1. The molecule has 90 valence electrons. The molecule has 0 bridgehead atoms. The first-order chi connectivity index (χ1) is 7.91. The van der Waals surface area contributed by atoms with E-state index in [-0.39, 0.29) is 11.1 Å². The van der Waals surface area contributed by atoms with Crippen LogP contribution in [0.1, 0.15) is 13.8 Å². The summed E-state index contributed by atoms with van der Waals surface area (Å²) in [5, 5.41) is 11.4. The molecule has 0 spiro atoms. The van der Waals surface area contributed by atoms with Gasteiger partial charge in [0.1, 0.15) is 0 Å². The van der Waals surface area contributed by atoms with Crippen molar-refractivity contribution in [2.24, 2.45) is 0 Å². The maximum Gasteiger partial charge on any atom is 0.331 e. The summed E-state index contributed by atoms with van der Waals surface area (Å²) in [5.74, 6) is -1.50. The number of carboxylic acids is 1. The summed E-state index contributed by atoms with van der Waals surface area (Å²) >= 11 is 3.28. The van der Waals surface area contributed by atoms with Gasteiger partial charge in [0.25, 0.3) is 5.91 Å². The number of rotatable bonds is 3. The molecular formula is C12H12BrNO3. The van der Waals surface area contributed by atoms with Crippen LogP contribution in [-0.2, 0) is 9.59 Å². The Morgan fingerprint density at radius 3 is 2.41 bits per heavy atom. The summed E-state index contributed by atoms with van der Waals surface area (Å²) in [6.07, 6.45) is 0. The molecule has 1 rings (SSSR count). The molecule has 0 radical (unpaired) electrons. The highest BCUT2D eigenvalue weighted by atomic mass is 79.9. The number of carboxylic acid groups (broad SMARTS) is 1. The van der Waals surface area contributed by atoms with Crippen molar-refractivity contribution in [3.05, 3.63) is 39.9 Å². The molecule has 1 amide bonds. The zero-order valence-corrected chi connectivity index (χ0v) is 11.0. The number of hydrogen-bond acceptors (Lipinski definition) is 2. The largest absolute Gasteiger partial charge is 0.478 e. The Labute approximate surface area is 107 Å². The Kier molecular flexibility index (Phi) is 4.45. The molecule has 0 aliphatic rings. The van der Waals surface area contributed by atoms with E-state index in [1.165, 1.54) is 13.8 Å². The van der Waals surface area contributed by atoms with Crippen molar-refractivity contribution >= 4 is 33.5 Å². The summed E-state index contributed by atoms with van der Waals surface area (Å²) in [7, 11) is 0. The number of anilines is 1. The van der Waals surface area contributed by atoms with Crippen molar-refractivity contribution in [1.82, 2.24) is 0 Å². The normalized spacial score (nSPS) is 11.7. The van der Waals surface area contributed by atoms with E-state index in [1.54, 1.807) is 18.2 Å². The molecule has 1 aromatic rings. The van der Waals surface area contributed by atoms with Crippen LogP contribution in [0.25, 0.3) is 0 Å². The van der Waals surface area contributed by atoms with Gasteiger partial charge in [-0.2, -0.15) is 0 Å². The predicted octanol–water partition coefficient (Wildman–Crippen LogP) is 2.81. The predicted molar refractivity (Wildman–Crippen MR) is 68.8 cm³/mol. The van der Waals surface area contributed by atoms with Gasteiger partial charge in [-0.3, -0.25) is 4.79 Å². The second-order valence-electron chi connectivity index (χ2n) is 3.52. The van der Waals surface area contributed by atoms with Crippen molar-refractivity contribution in [2.45, 2.75) is 13.8 Å². The topological polar surface area (TPSA) is 66.4 Å². The first-order valence-corrected chi connectivity index (χ1v) is 5.69. The Bertz CT molecular complexity index is 494. The Hall–Kier alpha value is -1.62. The fourth-order valence-electron chi connectivity index (χ4n) is 1.12. The van der Waals surface area contributed by atoms with E-state index in [2.05, 4.69) is 21.2 Å². The van der Waals surface area contributed by atoms with Crippen molar-refractivity contribution < 1.29 is 14.7 Å². The summed E-state index contributed by atoms with van der Waals surface area (Å²) in [6.45, 7) is 2.88. The lowest BCUT2D eigenvalue weighted by Crippen LogP contribution is -2.16. The number of hydrogen-bond donors (Lipinski definition) is 2. The Balaban J connectivity index is 2.87. The molecule has 0 atom stereocenters. The number of carbonyl (C=O) groups is 2. The van der Waals surface area contributed by atoms with Crippen molar-refractivity contribution in [1.29, 1.82) is 0 Å². The molecule has 0 unspecified atom stereocenters. The van der Waals surface area contributed by atoms with Crippen LogP contribution in [0.15, 0.2) is 39.9 Å². The van der Waals surface area contributed by atoms with Crippen LogP contribution in [0, 0.1) is 0 Å². The SMILES string of the molecule is C/C(C(=O)O)=C(\C)C(=O)Nc1cccc(Br)c1. The van der Waals surface area contributed by atoms with Crippen molar-refractivity contribution in [3.8, 4) is 0 Å². The molecule has 2 N–H and O–H groups in total. The third-order valence-electron chi connectivity index (χ3n) is 2.31. The Morgan fingerprint density at radius 2 is 1.88 bits per heavy atom. The smallest absolute Gasteiger partial charge is 0.331 e. The van der Waals surface area contributed by atoms with E-state index in [0.717, 1.165) is 4.47 Å². The minimum absolute atomic E-state index is 0.0393. The highest BCUT2D eigenvalue weighted by Crippen LogP contribution is 2.16. The van der Waals surface area contributed by atoms with E-state index in [9.17, 15) is 9.59 Å².